The molecule has 0 aliphatic rings. The predicted molar refractivity (Wildman–Crippen MR) is 210 cm³/mol. The highest BCUT2D eigenvalue weighted by Gasteiger charge is 2.19. The van der Waals surface area contributed by atoms with E-state index in [0.29, 0.717) is 19.3 Å². The van der Waals surface area contributed by atoms with E-state index in [0.717, 1.165) is 64.2 Å². The molecule has 50 heavy (non-hydrogen) atoms. The molecule has 0 radical (unpaired) electrons. The van der Waals surface area contributed by atoms with E-state index in [1.54, 1.807) is 0 Å². The van der Waals surface area contributed by atoms with Gasteiger partial charge in [0.2, 0.25) is 0 Å². The van der Waals surface area contributed by atoms with E-state index >= 15 is 0 Å². The third kappa shape index (κ3) is 37.7. The Morgan fingerprint density at radius 2 is 0.540 bits per heavy atom. The Labute approximate surface area is 310 Å². The highest BCUT2D eigenvalue weighted by Crippen LogP contribution is 2.16. The Morgan fingerprint density at radius 3 is 0.800 bits per heavy atom. The van der Waals surface area contributed by atoms with Gasteiger partial charge in [-0.1, -0.05) is 207 Å². The second-order valence-corrected chi connectivity index (χ2v) is 15.0. The van der Waals surface area contributed by atoms with Crippen molar-refractivity contribution in [2.45, 2.75) is 252 Å². The molecule has 0 spiro atoms. The van der Waals surface area contributed by atoms with Gasteiger partial charge in [-0.15, -0.1) is 0 Å². The molecule has 0 bridgehead atoms. The number of rotatable bonds is 40. The van der Waals surface area contributed by atoms with Gasteiger partial charge >= 0.3 is 17.9 Å². The lowest BCUT2D eigenvalue weighted by Gasteiger charge is -2.18. The summed E-state index contributed by atoms with van der Waals surface area (Å²) in [5.41, 5.74) is 0. The summed E-state index contributed by atoms with van der Waals surface area (Å²) in [5, 5.41) is 0. The fraction of sp³-hybridized carbons (Fsp3) is 0.932. The zero-order valence-corrected chi connectivity index (χ0v) is 33.7. The van der Waals surface area contributed by atoms with Crippen LogP contribution in [0.2, 0.25) is 0 Å². The van der Waals surface area contributed by atoms with Crippen molar-refractivity contribution in [2.24, 2.45) is 0 Å². The van der Waals surface area contributed by atoms with Gasteiger partial charge < -0.3 is 14.2 Å². The largest absolute Gasteiger partial charge is 0.462 e. The molecule has 0 heterocycles. The van der Waals surface area contributed by atoms with Gasteiger partial charge in [0.15, 0.2) is 6.10 Å². The molecule has 0 N–H and O–H groups in total. The van der Waals surface area contributed by atoms with Gasteiger partial charge in [-0.05, 0) is 19.3 Å². The van der Waals surface area contributed by atoms with Crippen LogP contribution in [0.25, 0.3) is 0 Å². The Balaban J connectivity index is 4.16. The summed E-state index contributed by atoms with van der Waals surface area (Å²) in [7, 11) is 0. The van der Waals surface area contributed by atoms with Crippen molar-refractivity contribution in [2.75, 3.05) is 13.2 Å². The van der Waals surface area contributed by atoms with Crippen molar-refractivity contribution in [3.05, 3.63) is 0 Å². The Morgan fingerprint density at radius 1 is 0.320 bits per heavy atom. The van der Waals surface area contributed by atoms with E-state index in [1.807, 2.05) is 0 Å². The SMILES string of the molecule is CCCCCCCCCCCCCCCCCCC(=O)OC[C@H](COC(=O)CCCCCCC)OC(=O)CCCCCCCCCCCCC. The van der Waals surface area contributed by atoms with E-state index in [-0.39, 0.29) is 31.1 Å². The van der Waals surface area contributed by atoms with Gasteiger partial charge in [-0.3, -0.25) is 14.4 Å². The number of carbonyl (C=O) groups is 3. The zero-order valence-electron chi connectivity index (χ0n) is 33.7. The molecule has 0 saturated carbocycles. The summed E-state index contributed by atoms with van der Waals surface area (Å²) in [6, 6.07) is 0. The minimum atomic E-state index is -0.756. The molecular formula is C44H84O6. The minimum Gasteiger partial charge on any atom is -0.462 e. The van der Waals surface area contributed by atoms with Crippen molar-refractivity contribution in [3.63, 3.8) is 0 Å². The topological polar surface area (TPSA) is 78.9 Å². The minimum absolute atomic E-state index is 0.0640. The van der Waals surface area contributed by atoms with Crippen LogP contribution in [0.15, 0.2) is 0 Å². The first-order chi connectivity index (χ1) is 24.5. The lowest BCUT2D eigenvalue weighted by atomic mass is 10.0. The number of hydrogen-bond donors (Lipinski definition) is 0. The number of hydrogen-bond acceptors (Lipinski definition) is 6. The van der Waals surface area contributed by atoms with Gasteiger partial charge in [0.1, 0.15) is 13.2 Å². The maximum absolute atomic E-state index is 12.6. The average Bonchev–Trinajstić information content (AvgIpc) is 3.11. The van der Waals surface area contributed by atoms with E-state index in [4.69, 9.17) is 14.2 Å². The first-order valence-corrected chi connectivity index (χ1v) is 22.0. The fourth-order valence-electron chi connectivity index (χ4n) is 6.50. The maximum atomic E-state index is 12.6. The lowest BCUT2D eigenvalue weighted by Crippen LogP contribution is -2.30. The Bertz CT molecular complexity index is 738. The average molecular weight is 709 g/mol. The van der Waals surface area contributed by atoms with Gasteiger partial charge in [0, 0.05) is 19.3 Å². The molecule has 6 heteroatoms. The highest BCUT2D eigenvalue weighted by molar-refractivity contribution is 5.71. The van der Waals surface area contributed by atoms with Crippen LogP contribution >= 0.6 is 0 Å². The summed E-state index contributed by atoms with van der Waals surface area (Å²) in [5.74, 6) is -0.869. The molecule has 0 aromatic rings. The van der Waals surface area contributed by atoms with Crippen LogP contribution in [-0.2, 0) is 28.6 Å². The maximum Gasteiger partial charge on any atom is 0.306 e. The standard InChI is InChI=1S/C44H84O6/c1-4-7-10-13-15-17-19-20-21-22-23-25-26-28-31-34-37-43(46)49-40-41(39-48-42(45)36-33-30-12-9-6-3)50-44(47)38-35-32-29-27-24-18-16-14-11-8-5-2/h41H,4-40H2,1-3H3/t41-/m0/s1. The number of unbranched alkanes of at least 4 members (excludes halogenated alkanes) is 29. The quantitative estimate of drug-likeness (QED) is 0.0358. The van der Waals surface area contributed by atoms with Crippen molar-refractivity contribution < 1.29 is 28.6 Å². The molecule has 0 aromatic heterocycles. The second kappa shape index (κ2) is 40.2. The van der Waals surface area contributed by atoms with Crippen LogP contribution in [0, 0.1) is 0 Å². The molecule has 0 rings (SSSR count). The van der Waals surface area contributed by atoms with E-state index in [2.05, 4.69) is 20.8 Å². The first-order valence-electron chi connectivity index (χ1n) is 22.0. The van der Waals surface area contributed by atoms with Gasteiger partial charge in [-0.25, -0.2) is 0 Å². The van der Waals surface area contributed by atoms with Gasteiger partial charge in [-0.2, -0.15) is 0 Å². The molecule has 0 aromatic carbocycles. The second-order valence-electron chi connectivity index (χ2n) is 15.0. The van der Waals surface area contributed by atoms with Crippen molar-refractivity contribution in [1.82, 2.24) is 0 Å². The van der Waals surface area contributed by atoms with Crippen LogP contribution in [0.3, 0.4) is 0 Å². The molecule has 6 nitrogen and oxygen atoms in total. The monoisotopic (exact) mass is 709 g/mol. The van der Waals surface area contributed by atoms with E-state index < -0.39 is 6.10 Å². The molecule has 0 aliphatic heterocycles. The predicted octanol–water partition coefficient (Wildman–Crippen LogP) is 13.7. The molecule has 1 atom stereocenters. The number of esters is 3. The van der Waals surface area contributed by atoms with Crippen LogP contribution < -0.4 is 0 Å². The Kier molecular flexibility index (Phi) is 38.9. The van der Waals surface area contributed by atoms with Gasteiger partial charge in [0.05, 0.1) is 0 Å². The lowest BCUT2D eigenvalue weighted by molar-refractivity contribution is -0.167. The molecule has 0 fully saturated rings. The third-order valence-electron chi connectivity index (χ3n) is 9.86. The van der Waals surface area contributed by atoms with Crippen LogP contribution in [0.4, 0.5) is 0 Å². The summed E-state index contributed by atoms with van der Waals surface area (Å²) in [6.07, 6.45) is 39.7. The molecule has 0 saturated heterocycles. The summed E-state index contributed by atoms with van der Waals surface area (Å²) >= 11 is 0. The smallest absolute Gasteiger partial charge is 0.306 e. The molecule has 296 valence electrons. The van der Waals surface area contributed by atoms with Crippen molar-refractivity contribution in [3.8, 4) is 0 Å². The van der Waals surface area contributed by atoms with Crippen LogP contribution in [-0.4, -0.2) is 37.2 Å². The molecule has 0 amide bonds. The van der Waals surface area contributed by atoms with Crippen molar-refractivity contribution in [1.29, 1.82) is 0 Å². The molecule has 0 aliphatic carbocycles. The third-order valence-corrected chi connectivity index (χ3v) is 9.86. The summed E-state index contributed by atoms with van der Waals surface area (Å²) < 4.78 is 16.6. The van der Waals surface area contributed by atoms with Crippen LogP contribution in [0.1, 0.15) is 245 Å². The number of ether oxygens (including phenoxy) is 3. The fourth-order valence-corrected chi connectivity index (χ4v) is 6.50. The number of carbonyl (C=O) groups excluding carboxylic acids is 3. The molecule has 0 unspecified atom stereocenters. The van der Waals surface area contributed by atoms with E-state index in [9.17, 15) is 14.4 Å². The zero-order chi connectivity index (χ0) is 36.6. The normalized spacial score (nSPS) is 11.8. The summed E-state index contributed by atoms with van der Waals surface area (Å²) in [4.78, 5) is 37.4. The van der Waals surface area contributed by atoms with Crippen LogP contribution in [0.5, 0.6) is 0 Å². The first kappa shape index (κ1) is 48.4. The van der Waals surface area contributed by atoms with Crippen molar-refractivity contribution >= 4 is 17.9 Å². The van der Waals surface area contributed by atoms with E-state index in [1.165, 1.54) is 141 Å². The summed E-state index contributed by atoms with van der Waals surface area (Å²) in [6.45, 7) is 6.56. The highest BCUT2D eigenvalue weighted by atomic mass is 16.6. The van der Waals surface area contributed by atoms with Gasteiger partial charge in [0.25, 0.3) is 0 Å². The Hall–Kier alpha value is -1.59. The molecular weight excluding hydrogens is 624 g/mol.